The summed E-state index contributed by atoms with van der Waals surface area (Å²) in [5, 5.41) is 4.23. The quantitative estimate of drug-likeness (QED) is 0.675. The van der Waals surface area contributed by atoms with Crippen LogP contribution in [0.1, 0.15) is 13.8 Å². The Bertz CT molecular complexity index is 799. The molecule has 0 bridgehead atoms. The van der Waals surface area contributed by atoms with Gasteiger partial charge in [-0.15, -0.1) is 0 Å². The maximum atomic E-state index is 12.1. The van der Waals surface area contributed by atoms with Gasteiger partial charge < -0.3 is 4.74 Å². The predicted octanol–water partition coefficient (Wildman–Crippen LogP) is 1.23. The van der Waals surface area contributed by atoms with E-state index in [2.05, 4.69) is 25.5 Å². The fourth-order valence-corrected chi connectivity index (χ4v) is 2.27. The largest absolute Gasteiger partial charge is 0.464 e. The lowest BCUT2D eigenvalue weighted by molar-refractivity contribution is -0.148. The van der Waals surface area contributed by atoms with Gasteiger partial charge in [-0.05, 0) is 13.8 Å². The van der Waals surface area contributed by atoms with Crippen LogP contribution in [-0.4, -0.2) is 43.8 Å². The van der Waals surface area contributed by atoms with Crippen LogP contribution in [0.4, 0.5) is 0 Å². The summed E-state index contributed by atoms with van der Waals surface area (Å²) in [6.07, 6.45) is 6.17. The van der Waals surface area contributed by atoms with Crippen LogP contribution >= 0.6 is 11.6 Å². The fraction of sp³-hybridized carbons (Fsp3) is 0.308. The van der Waals surface area contributed by atoms with Gasteiger partial charge in [0.2, 0.25) is 0 Å². The molecule has 0 aliphatic carbocycles. The highest BCUT2D eigenvalue weighted by molar-refractivity contribution is 6.33. The summed E-state index contributed by atoms with van der Waals surface area (Å²) in [7, 11) is 0. The Morgan fingerprint density at radius 3 is 3.09 bits per heavy atom. The van der Waals surface area contributed by atoms with Gasteiger partial charge in [0.25, 0.3) is 0 Å². The molecule has 1 atom stereocenters. The lowest BCUT2D eigenvalue weighted by atomic mass is 9.95. The third-order valence-electron chi connectivity index (χ3n) is 3.35. The topological polar surface area (TPSA) is 94.3 Å². The fourth-order valence-electron chi connectivity index (χ4n) is 2.09. The van der Waals surface area contributed by atoms with Gasteiger partial charge in [0.05, 0.1) is 12.8 Å². The number of fused-ring (bicyclic) bond motifs is 1. The Labute approximate surface area is 130 Å². The lowest BCUT2D eigenvalue weighted by Crippen LogP contribution is -2.46. The molecule has 1 unspecified atom stereocenters. The predicted molar refractivity (Wildman–Crippen MR) is 81.3 cm³/mol. The molecule has 3 rings (SSSR count). The van der Waals surface area contributed by atoms with Crippen molar-refractivity contribution in [2.75, 3.05) is 6.61 Å². The van der Waals surface area contributed by atoms with Gasteiger partial charge in [-0.25, -0.2) is 19.7 Å². The minimum Gasteiger partial charge on any atom is -0.464 e. The lowest BCUT2D eigenvalue weighted by Gasteiger charge is -2.22. The maximum absolute atomic E-state index is 12.1. The van der Waals surface area contributed by atoms with E-state index in [0.29, 0.717) is 23.3 Å². The smallest absolute Gasteiger partial charge is 0.337 e. The van der Waals surface area contributed by atoms with E-state index in [9.17, 15) is 4.79 Å². The molecule has 2 aromatic rings. The standard InChI is InChI=1S/C13H13ClN6O2/c1-3-22-12(21)13(2)8(4-18-19-13)5-20-7-17-9-10(14)15-6-16-11(9)20/h4-7,19H,3H2,1-2H3/b8-5+. The molecule has 1 aliphatic rings. The van der Waals surface area contributed by atoms with E-state index >= 15 is 0 Å². The number of imidazole rings is 1. The van der Waals surface area contributed by atoms with Gasteiger partial charge in [-0.2, -0.15) is 5.10 Å². The highest BCUT2D eigenvalue weighted by Gasteiger charge is 2.41. The third-order valence-corrected chi connectivity index (χ3v) is 3.62. The summed E-state index contributed by atoms with van der Waals surface area (Å²) in [6.45, 7) is 3.74. The van der Waals surface area contributed by atoms with Crippen molar-refractivity contribution in [3.63, 3.8) is 0 Å². The Morgan fingerprint density at radius 2 is 2.32 bits per heavy atom. The second-order valence-electron chi connectivity index (χ2n) is 4.79. The molecule has 1 aliphatic heterocycles. The second-order valence-corrected chi connectivity index (χ2v) is 5.15. The number of ether oxygens (including phenoxy) is 1. The van der Waals surface area contributed by atoms with E-state index < -0.39 is 11.5 Å². The van der Waals surface area contributed by atoms with Gasteiger partial charge in [0.1, 0.15) is 18.2 Å². The number of nitrogens with one attached hydrogen (secondary N) is 1. The average Bonchev–Trinajstić information content (AvgIpc) is 3.07. The first-order valence-corrected chi connectivity index (χ1v) is 6.97. The van der Waals surface area contributed by atoms with E-state index in [0.717, 1.165) is 0 Å². The molecule has 22 heavy (non-hydrogen) atoms. The SMILES string of the molecule is CCOC(=O)C1(C)NN=C/C1=C\n1cnc2c(Cl)ncnc21. The molecule has 0 radical (unpaired) electrons. The first-order chi connectivity index (χ1) is 10.6. The number of rotatable bonds is 3. The molecule has 0 spiro atoms. The van der Waals surface area contributed by atoms with E-state index in [-0.39, 0.29) is 5.15 Å². The number of carbonyl (C=O) groups is 1. The molecule has 114 valence electrons. The molecule has 0 saturated carbocycles. The van der Waals surface area contributed by atoms with Crippen LogP contribution in [-0.2, 0) is 9.53 Å². The maximum Gasteiger partial charge on any atom is 0.337 e. The van der Waals surface area contributed by atoms with E-state index in [1.807, 2.05) is 0 Å². The zero-order chi connectivity index (χ0) is 15.7. The van der Waals surface area contributed by atoms with Crippen molar-refractivity contribution in [2.45, 2.75) is 19.4 Å². The summed E-state index contributed by atoms with van der Waals surface area (Å²) in [4.78, 5) is 24.3. The van der Waals surface area contributed by atoms with Crippen LogP contribution < -0.4 is 5.43 Å². The summed E-state index contributed by atoms with van der Waals surface area (Å²) < 4.78 is 6.75. The van der Waals surface area contributed by atoms with Crippen molar-refractivity contribution in [1.82, 2.24) is 24.9 Å². The molecule has 3 heterocycles. The van der Waals surface area contributed by atoms with Gasteiger partial charge in [0.15, 0.2) is 16.3 Å². The van der Waals surface area contributed by atoms with Crippen LogP contribution in [0.2, 0.25) is 5.15 Å². The first-order valence-electron chi connectivity index (χ1n) is 6.59. The zero-order valence-electron chi connectivity index (χ0n) is 11.9. The summed E-state index contributed by atoms with van der Waals surface area (Å²) >= 11 is 5.97. The molecule has 0 fully saturated rings. The second kappa shape index (κ2) is 5.38. The Morgan fingerprint density at radius 1 is 1.50 bits per heavy atom. The van der Waals surface area contributed by atoms with Crippen LogP contribution in [0, 0.1) is 0 Å². The van der Waals surface area contributed by atoms with E-state index in [1.165, 1.54) is 6.33 Å². The zero-order valence-corrected chi connectivity index (χ0v) is 12.7. The van der Waals surface area contributed by atoms with Crippen LogP contribution in [0.3, 0.4) is 0 Å². The average molecular weight is 321 g/mol. The summed E-state index contributed by atoms with van der Waals surface area (Å²) in [6, 6.07) is 0. The molecule has 0 amide bonds. The molecule has 2 aromatic heterocycles. The van der Waals surface area contributed by atoms with Crippen molar-refractivity contribution < 1.29 is 9.53 Å². The number of aromatic nitrogens is 4. The number of halogens is 1. The number of nitrogens with zero attached hydrogens (tertiary/aromatic N) is 5. The highest BCUT2D eigenvalue weighted by atomic mass is 35.5. The molecule has 1 N–H and O–H groups in total. The highest BCUT2D eigenvalue weighted by Crippen LogP contribution is 2.24. The van der Waals surface area contributed by atoms with Crippen LogP contribution in [0.15, 0.2) is 23.3 Å². The van der Waals surface area contributed by atoms with Gasteiger partial charge in [0, 0.05) is 11.8 Å². The minimum absolute atomic E-state index is 0.272. The number of esters is 1. The van der Waals surface area contributed by atoms with E-state index in [4.69, 9.17) is 16.3 Å². The summed E-state index contributed by atoms with van der Waals surface area (Å²) in [5.41, 5.74) is 3.37. The number of hydrogen-bond donors (Lipinski definition) is 1. The Kier molecular flexibility index (Phi) is 3.53. The molecule has 0 saturated heterocycles. The van der Waals surface area contributed by atoms with E-state index in [1.54, 1.807) is 37.2 Å². The molecular weight excluding hydrogens is 308 g/mol. The third kappa shape index (κ3) is 2.21. The van der Waals surface area contributed by atoms with Crippen LogP contribution in [0.25, 0.3) is 17.4 Å². The van der Waals surface area contributed by atoms with Crippen molar-refractivity contribution >= 4 is 41.1 Å². The molecule has 8 nitrogen and oxygen atoms in total. The monoisotopic (exact) mass is 320 g/mol. The first kappa shape index (κ1) is 14.5. The Hall–Kier alpha value is -2.48. The number of carbonyl (C=O) groups excluding carboxylic acids is 1. The molecule has 0 aromatic carbocycles. The molecule has 9 heteroatoms. The normalized spacial score (nSPS) is 22.2. The van der Waals surface area contributed by atoms with Crippen LogP contribution in [0.5, 0.6) is 0 Å². The van der Waals surface area contributed by atoms with Gasteiger partial charge >= 0.3 is 5.97 Å². The van der Waals surface area contributed by atoms with Crippen molar-refractivity contribution in [1.29, 1.82) is 0 Å². The number of hydrazone groups is 1. The van der Waals surface area contributed by atoms with Crippen molar-refractivity contribution in [3.8, 4) is 0 Å². The molecular formula is C13H13ClN6O2. The summed E-state index contributed by atoms with van der Waals surface area (Å²) in [5.74, 6) is -0.407. The van der Waals surface area contributed by atoms with Crippen molar-refractivity contribution in [2.24, 2.45) is 5.10 Å². The minimum atomic E-state index is -1.05. The Balaban J connectivity index is 2.04. The van der Waals surface area contributed by atoms with Gasteiger partial charge in [-0.1, -0.05) is 11.6 Å². The number of hydrogen-bond acceptors (Lipinski definition) is 7. The van der Waals surface area contributed by atoms with Crippen molar-refractivity contribution in [3.05, 3.63) is 23.4 Å². The van der Waals surface area contributed by atoms with Gasteiger partial charge in [-0.3, -0.25) is 9.99 Å².